The Kier molecular flexibility index (Phi) is 9.21. The lowest BCUT2D eigenvalue weighted by Gasteiger charge is -2.25. The molecule has 0 aliphatic heterocycles. The lowest BCUT2D eigenvalue weighted by Crippen LogP contribution is -2.38. The number of nitrogens with two attached hydrogens (primary N) is 1. The number of carboxylic acid groups (broad SMARTS) is 1. The summed E-state index contributed by atoms with van der Waals surface area (Å²) >= 11 is 0. The normalized spacial score (nSPS) is 13.0. The molecule has 0 aromatic carbocycles. The third-order valence-corrected chi connectivity index (χ3v) is 3.00. The molecular formula is C15H30N2O3. The van der Waals surface area contributed by atoms with Gasteiger partial charge in [-0.1, -0.05) is 33.6 Å². The highest BCUT2D eigenvalue weighted by atomic mass is 16.4. The van der Waals surface area contributed by atoms with Crippen molar-refractivity contribution in [1.29, 1.82) is 0 Å². The van der Waals surface area contributed by atoms with Crippen molar-refractivity contribution in [3.05, 3.63) is 0 Å². The van der Waals surface area contributed by atoms with E-state index in [1.165, 1.54) is 0 Å². The average molecular weight is 286 g/mol. The Morgan fingerprint density at radius 1 is 1.15 bits per heavy atom. The lowest BCUT2D eigenvalue weighted by atomic mass is 9.87. The van der Waals surface area contributed by atoms with Crippen molar-refractivity contribution in [3.63, 3.8) is 0 Å². The molecule has 0 aliphatic carbocycles. The summed E-state index contributed by atoms with van der Waals surface area (Å²) in [6, 6.07) is -0.288. The van der Waals surface area contributed by atoms with Gasteiger partial charge in [-0.2, -0.15) is 0 Å². The number of carbonyl (C=O) groups is 2. The Morgan fingerprint density at radius 2 is 1.75 bits per heavy atom. The van der Waals surface area contributed by atoms with Crippen molar-refractivity contribution in [2.45, 2.75) is 71.8 Å². The number of unbranched alkanes of at least 4 members (excludes halogenated alkanes) is 3. The van der Waals surface area contributed by atoms with E-state index in [9.17, 15) is 9.59 Å². The summed E-state index contributed by atoms with van der Waals surface area (Å²) < 4.78 is 0. The third kappa shape index (κ3) is 12.0. The molecule has 0 fully saturated rings. The summed E-state index contributed by atoms with van der Waals surface area (Å²) in [6.45, 7) is 6.82. The van der Waals surface area contributed by atoms with Crippen LogP contribution in [0, 0.1) is 5.41 Å². The van der Waals surface area contributed by atoms with E-state index in [2.05, 4.69) is 5.32 Å². The second kappa shape index (κ2) is 9.75. The Balaban J connectivity index is 4.08. The van der Waals surface area contributed by atoms with Gasteiger partial charge in [-0.15, -0.1) is 0 Å². The van der Waals surface area contributed by atoms with Gasteiger partial charge in [0.1, 0.15) is 0 Å². The first-order valence-corrected chi connectivity index (χ1v) is 7.46. The number of hydrogen-bond donors (Lipinski definition) is 3. The van der Waals surface area contributed by atoms with Crippen LogP contribution in [-0.4, -0.2) is 29.6 Å². The minimum atomic E-state index is -0.873. The predicted octanol–water partition coefficient (Wildman–Crippen LogP) is 2.29. The highest BCUT2D eigenvalue weighted by molar-refractivity contribution is 5.77. The SMILES string of the molecule is CC(C)(C)CC(CC(=O)O)NC(=O)CCCCCCN. The van der Waals surface area contributed by atoms with Crippen LogP contribution in [0.1, 0.15) is 65.7 Å². The van der Waals surface area contributed by atoms with Gasteiger partial charge in [-0.3, -0.25) is 9.59 Å². The van der Waals surface area contributed by atoms with Gasteiger partial charge in [0.25, 0.3) is 0 Å². The maximum atomic E-state index is 11.8. The van der Waals surface area contributed by atoms with E-state index < -0.39 is 5.97 Å². The van der Waals surface area contributed by atoms with E-state index in [0.717, 1.165) is 25.7 Å². The zero-order valence-electron chi connectivity index (χ0n) is 13.1. The summed E-state index contributed by atoms with van der Waals surface area (Å²) in [5.74, 6) is -0.921. The molecule has 1 atom stereocenters. The van der Waals surface area contributed by atoms with Crippen LogP contribution >= 0.6 is 0 Å². The minimum Gasteiger partial charge on any atom is -0.481 e. The monoisotopic (exact) mass is 286 g/mol. The van der Waals surface area contributed by atoms with E-state index >= 15 is 0 Å². The molecule has 5 heteroatoms. The van der Waals surface area contributed by atoms with Gasteiger partial charge in [0.15, 0.2) is 0 Å². The van der Waals surface area contributed by atoms with Gasteiger partial charge in [-0.05, 0) is 31.2 Å². The number of carbonyl (C=O) groups excluding carboxylic acids is 1. The Labute approximate surface area is 122 Å². The van der Waals surface area contributed by atoms with Gasteiger partial charge >= 0.3 is 5.97 Å². The van der Waals surface area contributed by atoms with Crippen LogP contribution in [0.25, 0.3) is 0 Å². The Morgan fingerprint density at radius 3 is 2.25 bits per heavy atom. The Hall–Kier alpha value is -1.10. The summed E-state index contributed by atoms with van der Waals surface area (Å²) in [5, 5.41) is 11.8. The first-order chi connectivity index (χ1) is 9.24. The maximum absolute atomic E-state index is 11.8. The molecule has 0 radical (unpaired) electrons. The fraction of sp³-hybridized carbons (Fsp3) is 0.867. The van der Waals surface area contributed by atoms with Gasteiger partial charge in [-0.25, -0.2) is 0 Å². The summed E-state index contributed by atoms with van der Waals surface area (Å²) in [4.78, 5) is 22.7. The maximum Gasteiger partial charge on any atom is 0.305 e. The van der Waals surface area contributed by atoms with Crippen molar-refractivity contribution < 1.29 is 14.7 Å². The molecule has 20 heavy (non-hydrogen) atoms. The molecule has 0 heterocycles. The first-order valence-electron chi connectivity index (χ1n) is 7.46. The largest absolute Gasteiger partial charge is 0.481 e. The second-order valence-electron chi connectivity index (χ2n) is 6.58. The van der Waals surface area contributed by atoms with E-state index in [4.69, 9.17) is 10.8 Å². The van der Waals surface area contributed by atoms with Gasteiger partial charge < -0.3 is 16.2 Å². The summed E-state index contributed by atoms with van der Waals surface area (Å²) in [7, 11) is 0. The number of hydrogen-bond acceptors (Lipinski definition) is 3. The summed E-state index contributed by atoms with van der Waals surface area (Å²) in [5.41, 5.74) is 5.40. The smallest absolute Gasteiger partial charge is 0.305 e. The number of carboxylic acids is 1. The van der Waals surface area contributed by atoms with Crippen LogP contribution in [0.3, 0.4) is 0 Å². The van der Waals surface area contributed by atoms with Crippen molar-refractivity contribution >= 4 is 11.9 Å². The van der Waals surface area contributed by atoms with E-state index in [-0.39, 0.29) is 23.8 Å². The number of rotatable bonds is 10. The average Bonchev–Trinajstić information content (AvgIpc) is 2.25. The molecule has 0 aliphatic rings. The molecule has 1 amide bonds. The van der Waals surface area contributed by atoms with E-state index in [1.54, 1.807) is 0 Å². The van der Waals surface area contributed by atoms with Crippen molar-refractivity contribution in [1.82, 2.24) is 5.32 Å². The fourth-order valence-electron chi connectivity index (χ4n) is 2.21. The molecule has 0 aromatic rings. The molecule has 1 unspecified atom stereocenters. The molecule has 0 saturated carbocycles. The molecule has 5 nitrogen and oxygen atoms in total. The Bertz CT molecular complexity index is 298. The van der Waals surface area contributed by atoms with Gasteiger partial charge in [0.05, 0.1) is 6.42 Å². The molecule has 0 aromatic heterocycles. The van der Waals surface area contributed by atoms with Crippen LogP contribution < -0.4 is 11.1 Å². The van der Waals surface area contributed by atoms with Crippen LogP contribution in [0.5, 0.6) is 0 Å². The first kappa shape index (κ1) is 18.9. The number of aliphatic carboxylic acids is 1. The van der Waals surface area contributed by atoms with E-state index in [0.29, 0.717) is 19.4 Å². The van der Waals surface area contributed by atoms with Gasteiger partial charge in [0.2, 0.25) is 5.91 Å². The topological polar surface area (TPSA) is 92.4 Å². The molecule has 0 rings (SSSR count). The minimum absolute atomic E-state index is 0.00543. The molecule has 0 saturated heterocycles. The van der Waals surface area contributed by atoms with Crippen LogP contribution in [-0.2, 0) is 9.59 Å². The van der Waals surface area contributed by atoms with Crippen molar-refractivity contribution in [3.8, 4) is 0 Å². The molecule has 0 spiro atoms. The molecule has 4 N–H and O–H groups in total. The highest BCUT2D eigenvalue weighted by Gasteiger charge is 2.22. The zero-order valence-corrected chi connectivity index (χ0v) is 13.1. The highest BCUT2D eigenvalue weighted by Crippen LogP contribution is 2.22. The van der Waals surface area contributed by atoms with Crippen molar-refractivity contribution in [2.24, 2.45) is 11.1 Å². The van der Waals surface area contributed by atoms with E-state index in [1.807, 2.05) is 20.8 Å². The second-order valence-corrected chi connectivity index (χ2v) is 6.58. The lowest BCUT2D eigenvalue weighted by molar-refractivity contribution is -0.137. The predicted molar refractivity (Wildman–Crippen MR) is 80.4 cm³/mol. The number of amides is 1. The standard InChI is InChI=1S/C15H30N2O3/c1-15(2,3)11-12(10-14(19)20)17-13(18)8-6-4-5-7-9-16/h12H,4-11,16H2,1-3H3,(H,17,18)(H,19,20). The van der Waals surface area contributed by atoms with Crippen LogP contribution in [0.4, 0.5) is 0 Å². The molecule has 118 valence electrons. The molecular weight excluding hydrogens is 256 g/mol. The summed E-state index contributed by atoms with van der Waals surface area (Å²) in [6.07, 6.45) is 4.98. The van der Waals surface area contributed by atoms with Gasteiger partial charge in [0, 0.05) is 12.5 Å². The fourth-order valence-corrected chi connectivity index (χ4v) is 2.21. The van der Waals surface area contributed by atoms with Crippen molar-refractivity contribution in [2.75, 3.05) is 6.54 Å². The van der Waals surface area contributed by atoms with Crippen LogP contribution in [0.15, 0.2) is 0 Å². The molecule has 0 bridgehead atoms. The van der Waals surface area contributed by atoms with Crippen LogP contribution in [0.2, 0.25) is 0 Å². The number of nitrogens with one attached hydrogen (secondary N) is 1. The third-order valence-electron chi connectivity index (χ3n) is 3.00. The zero-order chi connectivity index (χ0) is 15.6. The quantitative estimate of drug-likeness (QED) is 0.537.